The fourth-order valence-corrected chi connectivity index (χ4v) is 7.42. The second-order valence-electron chi connectivity index (χ2n) is 19.7. The molecule has 0 aliphatic carbocycles. The summed E-state index contributed by atoms with van der Waals surface area (Å²) in [5, 5.41) is 6.11. The van der Waals surface area contributed by atoms with Crippen LogP contribution in [0, 0.1) is 0 Å². The van der Waals surface area contributed by atoms with Crippen LogP contribution >= 0.6 is 0 Å². The average molecular weight is 757 g/mol. The van der Waals surface area contributed by atoms with Gasteiger partial charge >= 0.3 is 0 Å². The summed E-state index contributed by atoms with van der Waals surface area (Å²) in [6.07, 6.45) is 1.93. The highest BCUT2D eigenvalue weighted by Gasteiger charge is 2.23. The van der Waals surface area contributed by atoms with Crippen LogP contribution in [-0.2, 0) is 21.7 Å². The lowest BCUT2D eigenvalue weighted by atomic mass is 9.86. The van der Waals surface area contributed by atoms with Crippen molar-refractivity contribution in [3.8, 4) is 17.3 Å². The monoisotopic (exact) mass is 756 g/mol. The number of aromatic nitrogens is 2. The highest BCUT2D eigenvalue weighted by atomic mass is 16.5. The summed E-state index contributed by atoms with van der Waals surface area (Å²) < 4.78 is 9.18. The van der Waals surface area contributed by atoms with E-state index in [1.54, 1.807) is 0 Å². The van der Waals surface area contributed by atoms with Crippen molar-refractivity contribution in [3.63, 3.8) is 0 Å². The second kappa shape index (κ2) is 14.4. The summed E-state index contributed by atoms with van der Waals surface area (Å²) in [4.78, 5) is 7.19. The fraction of sp³-hybridized carbons (Fsp3) is 0.327. The van der Waals surface area contributed by atoms with Crippen LogP contribution in [-0.4, -0.2) is 16.6 Å². The summed E-state index contributed by atoms with van der Waals surface area (Å²) in [7, 11) is 2.13. The topological polar surface area (TPSA) is 42.3 Å². The number of hydrogen-bond acceptors (Lipinski definition) is 4. The molecule has 0 saturated carbocycles. The van der Waals surface area contributed by atoms with Crippen molar-refractivity contribution in [2.75, 3.05) is 17.3 Å². The zero-order valence-corrected chi connectivity index (χ0v) is 36.3. The molecule has 0 unspecified atom stereocenters. The Hall–Kier alpha value is -5.55. The number of ether oxygens (including phenoxy) is 1. The molecule has 0 atom stereocenters. The summed E-state index contributed by atoms with van der Waals surface area (Å²) in [6.45, 7) is 27.1. The van der Waals surface area contributed by atoms with Gasteiger partial charge in [-0.3, -0.25) is 4.57 Å². The maximum Gasteiger partial charge on any atom is 0.137 e. The summed E-state index contributed by atoms with van der Waals surface area (Å²) in [6, 6.07) is 41.5. The Balaban J connectivity index is 1.31. The summed E-state index contributed by atoms with van der Waals surface area (Å²) in [5.41, 5.74) is 11.4. The normalized spacial score (nSPS) is 12.6. The molecule has 0 aliphatic heterocycles. The molecule has 7 rings (SSSR count). The molecule has 0 radical (unpaired) electrons. The number of rotatable bonds is 7. The van der Waals surface area contributed by atoms with Crippen LogP contribution in [0.3, 0.4) is 0 Å². The molecule has 2 aromatic heterocycles. The Bertz CT molecular complexity index is 2580. The predicted octanol–water partition coefficient (Wildman–Crippen LogP) is 14.7. The Morgan fingerprint density at radius 2 is 1.19 bits per heavy atom. The van der Waals surface area contributed by atoms with Crippen LogP contribution in [0.25, 0.3) is 27.6 Å². The van der Waals surface area contributed by atoms with E-state index in [1.807, 2.05) is 6.20 Å². The number of anilines is 4. The third-order valence-electron chi connectivity index (χ3n) is 11.1. The third kappa shape index (κ3) is 8.30. The van der Waals surface area contributed by atoms with E-state index in [9.17, 15) is 0 Å². The molecule has 7 aromatic rings. The molecular weight excluding hydrogens is 697 g/mol. The standard InChI is InChI=1S/C52H60N4O/c1-49(2,3)34-17-16-18-38(27-34)54-44-19-14-15-20-46(44)55(13)39-28-37(52(10,11)12)29-41(32-39)57-40-22-23-42-43-30-35(50(4,5)6)21-24-45(43)56(47(42)33-40)48-31-36(25-26-53-48)51(7,8)9/h14-33,54H,1-13H3. The lowest BCUT2D eigenvalue weighted by molar-refractivity contribution is 0.479. The van der Waals surface area contributed by atoms with E-state index in [0.29, 0.717) is 0 Å². The first kappa shape index (κ1) is 39.7. The van der Waals surface area contributed by atoms with Crippen molar-refractivity contribution in [2.24, 2.45) is 0 Å². The highest BCUT2D eigenvalue weighted by molar-refractivity contribution is 6.09. The van der Waals surface area contributed by atoms with E-state index in [-0.39, 0.29) is 21.7 Å². The largest absolute Gasteiger partial charge is 0.457 e. The van der Waals surface area contributed by atoms with Crippen molar-refractivity contribution in [2.45, 2.75) is 105 Å². The quantitative estimate of drug-likeness (QED) is 0.176. The Labute approximate surface area is 340 Å². The lowest BCUT2D eigenvalue weighted by Crippen LogP contribution is -2.15. The van der Waals surface area contributed by atoms with Crippen molar-refractivity contribution in [3.05, 3.63) is 144 Å². The molecule has 294 valence electrons. The van der Waals surface area contributed by atoms with Gasteiger partial charge in [0.15, 0.2) is 0 Å². The van der Waals surface area contributed by atoms with Gasteiger partial charge < -0.3 is 15.0 Å². The van der Waals surface area contributed by atoms with Gasteiger partial charge in [0.1, 0.15) is 17.3 Å². The zero-order chi connectivity index (χ0) is 41.1. The van der Waals surface area contributed by atoms with Gasteiger partial charge in [0, 0.05) is 47.5 Å². The minimum atomic E-state index is -0.106. The molecule has 0 spiro atoms. The van der Waals surface area contributed by atoms with Crippen LogP contribution in [0.15, 0.2) is 121 Å². The molecule has 0 amide bonds. The van der Waals surface area contributed by atoms with Crippen molar-refractivity contribution < 1.29 is 4.74 Å². The SMILES string of the molecule is CN(c1cc(Oc2ccc3c4cc(C(C)(C)C)ccc4n(-c4cc(C(C)(C)C)ccn4)c3c2)cc(C(C)(C)C)c1)c1ccccc1Nc1cccc(C(C)(C)C)c1. The van der Waals surface area contributed by atoms with Crippen LogP contribution < -0.4 is 15.0 Å². The van der Waals surface area contributed by atoms with Gasteiger partial charge in [-0.15, -0.1) is 0 Å². The predicted molar refractivity (Wildman–Crippen MR) is 244 cm³/mol. The van der Waals surface area contributed by atoms with Crippen LogP contribution in [0.5, 0.6) is 11.5 Å². The minimum absolute atomic E-state index is 0.0129. The van der Waals surface area contributed by atoms with E-state index >= 15 is 0 Å². The van der Waals surface area contributed by atoms with Gasteiger partial charge in [-0.2, -0.15) is 0 Å². The van der Waals surface area contributed by atoms with E-state index in [4.69, 9.17) is 9.72 Å². The molecule has 5 aromatic carbocycles. The lowest BCUT2D eigenvalue weighted by Gasteiger charge is -2.27. The molecule has 57 heavy (non-hydrogen) atoms. The van der Waals surface area contributed by atoms with Crippen LogP contribution in [0.2, 0.25) is 0 Å². The maximum atomic E-state index is 6.89. The van der Waals surface area contributed by atoms with Crippen molar-refractivity contribution in [1.82, 2.24) is 9.55 Å². The zero-order valence-electron chi connectivity index (χ0n) is 36.3. The van der Waals surface area contributed by atoms with E-state index in [2.05, 4.69) is 220 Å². The molecule has 0 saturated heterocycles. The van der Waals surface area contributed by atoms with Gasteiger partial charge in [-0.05, 0) is 117 Å². The number of pyridine rings is 1. The van der Waals surface area contributed by atoms with E-state index in [1.165, 1.54) is 33.0 Å². The second-order valence-corrected chi connectivity index (χ2v) is 19.7. The number of nitrogens with zero attached hydrogens (tertiary/aromatic N) is 3. The first-order valence-corrected chi connectivity index (χ1v) is 20.3. The van der Waals surface area contributed by atoms with Gasteiger partial charge in [-0.25, -0.2) is 4.98 Å². The van der Waals surface area contributed by atoms with Crippen LogP contribution in [0.4, 0.5) is 22.7 Å². The molecule has 0 fully saturated rings. The molecule has 0 bridgehead atoms. The van der Waals surface area contributed by atoms with Gasteiger partial charge in [0.05, 0.1) is 22.4 Å². The highest BCUT2D eigenvalue weighted by Crippen LogP contribution is 2.41. The minimum Gasteiger partial charge on any atom is -0.457 e. The Kier molecular flexibility index (Phi) is 10.0. The van der Waals surface area contributed by atoms with Crippen LogP contribution in [0.1, 0.15) is 105 Å². The van der Waals surface area contributed by atoms with Gasteiger partial charge in [-0.1, -0.05) is 113 Å². The van der Waals surface area contributed by atoms with Crippen molar-refractivity contribution in [1.29, 1.82) is 0 Å². The number of hydrogen-bond donors (Lipinski definition) is 1. The fourth-order valence-electron chi connectivity index (χ4n) is 7.42. The molecule has 5 nitrogen and oxygen atoms in total. The molecule has 5 heteroatoms. The maximum absolute atomic E-state index is 6.89. The van der Waals surface area contributed by atoms with Crippen molar-refractivity contribution >= 4 is 44.6 Å². The number of fused-ring (bicyclic) bond motifs is 3. The van der Waals surface area contributed by atoms with E-state index in [0.717, 1.165) is 51.1 Å². The molecule has 2 heterocycles. The first-order valence-electron chi connectivity index (χ1n) is 20.3. The number of nitrogens with one attached hydrogen (secondary N) is 1. The van der Waals surface area contributed by atoms with E-state index < -0.39 is 0 Å². The average Bonchev–Trinajstić information content (AvgIpc) is 3.46. The third-order valence-corrected chi connectivity index (χ3v) is 11.1. The smallest absolute Gasteiger partial charge is 0.137 e. The Morgan fingerprint density at radius 3 is 1.89 bits per heavy atom. The summed E-state index contributed by atoms with van der Waals surface area (Å²) >= 11 is 0. The first-order chi connectivity index (χ1) is 26.7. The number of para-hydroxylation sites is 2. The van der Waals surface area contributed by atoms with Gasteiger partial charge in [0.2, 0.25) is 0 Å². The molecule has 0 aliphatic rings. The summed E-state index contributed by atoms with van der Waals surface area (Å²) in [5.74, 6) is 2.46. The Morgan fingerprint density at radius 1 is 0.526 bits per heavy atom. The molecule has 1 N–H and O–H groups in total. The number of benzene rings is 5. The van der Waals surface area contributed by atoms with Gasteiger partial charge in [0.25, 0.3) is 0 Å². The molecular formula is C52H60N4O.